The Labute approximate surface area is 60.7 Å². The molecule has 0 N–H and O–H groups in total. The number of carbonyl (C=O) groups excluding carboxylic acids is 1. The SMILES string of the molecule is CC(=O)C(CS)CS. The second kappa shape index (κ2) is 4.27. The molecule has 0 rings (SSSR count). The van der Waals surface area contributed by atoms with E-state index in [-0.39, 0.29) is 11.7 Å². The maximum Gasteiger partial charge on any atom is 0.134 e. The van der Waals surface area contributed by atoms with Gasteiger partial charge < -0.3 is 0 Å². The molecule has 0 saturated heterocycles. The maximum absolute atomic E-state index is 10.5. The first kappa shape index (κ1) is 8.37. The van der Waals surface area contributed by atoms with Gasteiger partial charge in [-0.2, -0.15) is 25.3 Å². The van der Waals surface area contributed by atoms with Crippen LogP contribution in [0.25, 0.3) is 0 Å². The Hall–Kier alpha value is 0.370. The summed E-state index contributed by atoms with van der Waals surface area (Å²) < 4.78 is 0. The van der Waals surface area contributed by atoms with Crippen molar-refractivity contribution in [2.75, 3.05) is 11.5 Å². The highest BCUT2D eigenvalue weighted by Gasteiger charge is 2.07. The third-order valence-electron chi connectivity index (χ3n) is 1.02. The quantitative estimate of drug-likeness (QED) is 0.575. The molecular formula is C5H10OS2. The number of rotatable bonds is 3. The summed E-state index contributed by atoms with van der Waals surface area (Å²) in [7, 11) is 0. The Morgan fingerprint density at radius 3 is 1.88 bits per heavy atom. The number of carbonyl (C=O) groups is 1. The molecule has 0 amide bonds. The summed E-state index contributed by atoms with van der Waals surface area (Å²) in [5.74, 6) is 1.44. The van der Waals surface area contributed by atoms with E-state index in [2.05, 4.69) is 25.3 Å². The van der Waals surface area contributed by atoms with E-state index in [0.29, 0.717) is 11.5 Å². The molecule has 48 valence electrons. The van der Waals surface area contributed by atoms with Crippen LogP contribution >= 0.6 is 25.3 Å². The summed E-state index contributed by atoms with van der Waals surface area (Å²) in [5.41, 5.74) is 0. The highest BCUT2D eigenvalue weighted by Crippen LogP contribution is 2.01. The smallest absolute Gasteiger partial charge is 0.134 e. The fraction of sp³-hybridized carbons (Fsp3) is 0.800. The Balaban J connectivity index is 3.52. The minimum absolute atomic E-state index is 0.0432. The van der Waals surface area contributed by atoms with Crippen LogP contribution in [-0.2, 0) is 4.79 Å². The van der Waals surface area contributed by atoms with Crippen molar-refractivity contribution in [2.24, 2.45) is 5.92 Å². The second-order valence-corrected chi connectivity index (χ2v) is 2.40. The van der Waals surface area contributed by atoms with Crippen LogP contribution in [0.2, 0.25) is 0 Å². The molecule has 0 fully saturated rings. The third-order valence-corrected chi connectivity index (χ3v) is 1.90. The lowest BCUT2D eigenvalue weighted by Crippen LogP contribution is -2.13. The molecule has 0 saturated carbocycles. The minimum atomic E-state index is 0.0432. The van der Waals surface area contributed by atoms with Crippen LogP contribution in [0, 0.1) is 5.92 Å². The van der Waals surface area contributed by atoms with E-state index in [0.717, 1.165) is 0 Å². The van der Waals surface area contributed by atoms with Crippen LogP contribution < -0.4 is 0 Å². The van der Waals surface area contributed by atoms with Gasteiger partial charge in [-0.05, 0) is 6.92 Å². The van der Waals surface area contributed by atoms with Crippen LogP contribution in [0.3, 0.4) is 0 Å². The van der Waals surface area contributed by atoms with Gasteiger partial charge in [0.1, 0.15) is 5.78 Å². The molecule has 0 aliphatic rings. The van der Waals surface area contributed by atoms with Crippen molar-refractivity contribution in [3.05, 3.63) is 0 Å². The fourth-order valence-electron chi connectivity index (χ4n) is 0.315. The van der Waals surface area contributed by atoms with Crippen molar-refractivity contribution in [3.8, 4) is 0 Å². The summed E-state index contributed by atoms with van der Waals surface area (Å²) in [4.78, 5) is 10.5. The van der Waals surface area contributed by atoms with E-state index < -0.39 is 0 Å². The molecule has 0 aliphatic carbocycles. The average molecular weight is 150 g/mol. The predicted octanol–water partition coefficient (Wildman–Crippen LogP) is 1.05. The van der Waals surface area contributed by atoms with E-state index >= 15 is 0 Å². The summed E-state index contributed by atoms with van der Waals surface area (Å²) in [6.45, 7) is 1.57. The standard InChI is InChI=1S/C5H10OS2/c1-4(6)5(2-7)3-8/h5,7-8H,2-3H2,1H3. The molecule has 0 aromatic rings. The third kappa shape index (κ3) is 2.62. The Bertz CT molecular complexity index is 78.5. The normalized spacial score (nSPS) is 10.0. The Morgan fingerprint density at radius 2 is 1.88 bits per heavy atom. The van der Waals surface area contributed by atoms with Crippen molar-refractivity contribution < 1.29 is 4.79 Å². The van der Waals surface area contributed by atoms with Crippen molar-refractivity contribution in [3.63, 3.8) is 0 Å². The summed E-state index contributed by atoms with van der Waals surface area (Å²) in [6.07, 6.45) is 0. The van der Waals surface area contributed by atoms with Gasteiger partial charge in [0.05, 0.1) is 0 Å². The van der Waals surface area contributed by atoms with Crippen molar-refractivity contribution in [1.82, 2.24) is 0 Å². The number of hydrogen-bond donors (Lipinski definition) is 2. The summed E-state index contributed by atoms with van der Waals surface area (Å²) in [5, 5.41) is 0. The highest BCUT2D eigenvalue weighted by molar-refractivity contribution is 7.81. The summed E-state index contributed by atoms with van der Waals surface area (Å²) in [6, 6.07) is 0. The molecule has 0 heterocycles. The van der Waals surface area contributed by atoms with Crippen LogP contribution in [0.4, 0.5) is 0 Å². The van der Waals surface area contributed by atoms with E-state index in [1.54, 1.807) is 6.92 Å². The lowest BCUT2D eigenvalue weighted by molar-refractivity contribution is -0.119. The van der Waals surface area contributed by atoms with Crippen molar-refractivity contribution in [2.45, 2.75) is 6.92 Å². The van der Waals surface area contributed by atoms with Gasteiger partial charge in [0.15, 0.2) is 0 Å². The Kier molecular flexibility index (Phi) is 4.47. The summed E-state index contributed by atoms with van der Waals surface area (Å²) >= 11 is 7.93. The van der Waals surface area contributed by atoms with E-state index in [1.807, 2.05) is 0 Å². The first-order valence-electron chi connectivity index (χ1n) is 2.44. The van der Waals surface area contributed by atoms with Gasteiger partial charge in [0.25, 0.3) is 0 Å². The minimum Gasteiger partial charge on any atom is -0.300 e. The molecular weight excluding hydrogens is 140 g/mol. The van der Waals surface area contributed by atoms with Gasteiger partial charge in [-0.1, -0.05) is 0 Å². The maximum atomic E-state index is 10.5. The van der Waals surface area contributed by atoms with E-state index in [4.69, 9.17) is 0 Å². The predicted molar refractivity (Wildman–Crippen MR) is 41.9 cm³/mol. The van der Waals surface area contributed by atoms with E-state index in [9.17, 15) is 4.79 Å². The number of Topliss-reactive ketones (excluding diaryl/α,β-unsaturated/α-hetero) is 1. The molecule has 0 aromatic heterocycles. The average Bonchev–Trinajstić information content (AvgIpc) is 1.69. The molecule has 8 heavy (non-hydrogen) atoms. The van der Waals surface area contributed by atoms with Gasteiger partial charge in [0, 0.05) is 17.4 Å². The van der Waals surface area contributed by atoms with Crippen LogP contribution in [0.1, 0.15) is 6.92 Å². The topological polar surface area (TPSA) is 17.1 Å². The number of thiol groups is 2. The first-order chi connectivity index (χ1) is 3.72. The molecule has 3 heteroatoms. The lowest BCUT2D eigenvalue weighted by Gasteiger charge is -2.03. The monoisotopic (exact) mass is 150 g/mol. The highest BCUT2D eigenvalue weighted by atomic mass is 32.1. The molecule has 1 nitrogen and oxygen atoms in total. The first-order valence-corrected chi connectivity index (χ1v) is 3.71. The van der Waals surface area contributed by atoms with Gasteiger partial charge in [-0.3, -0.25) is 4.79 Å². The zero-order valence-corrected chi connectivity index (χ0v) is 6.58. The molecule has 0 aliphatic heterocycles. The number of ketones is 1. The lowest BCUT2D eigenvalue weighted by atomic mass is 10.1. The zero-order valence-electron chi connectivity index (χ0n) is 4.79. The molecule has 0 spiro atoms. The molecule has 0 radical (unpaired) electrons. The zero-order chi connectivity index (χ0) is 6.57. The van der Waals surface area contributed by atoms with Crippen LogP contribution in [0.5, 0.6) is 0 Å². The second-order valence-electron chi connectivity index (χ2n) is 1.67. The molecule has 0 unspecified atom stereocenters. The van der Waals surface area contributed by atoms with Gasteiger partial charge in [0.2, 0.25) is 0 Å². The Morgan fingerprint density at radius 1 is 1.50 bits per heavy atom. The molecule has 0 aromatic carbocycles. The van der Waals surface area contributed by atoms with Gasteiger partial charge >= 0.3 is 0 Å². The van der Waals surface area contributed by atoms with E-state index in [1.165, 1.54) is 0 Å². The fourth-order valence-corrected chi connectivity index (χ4v) is 1.29. The van der Waals surface area contributed by atoms with Crippen molar-refractivity contribution >= 4 is 31.0 Å². The van der Waals surface area contributed by atoms with Gasteiger partial charge in [-0.15, -0.1) is 0 Å². The van der Waals surface area contributed by atoms with Crippen LogP contribution in [0.15, 0.2) is 0 Å². The van der Waals surface area contributed by atoms with Crippen LogP contribution in [-0.4, -0.2) is 17.3 Å². The molecule has 0 atom stereocenters. The van der Waals surface area contributed by atoms with Gasteiger partial charge in [-0.25, -0.2) is 0 Å². The molecule has 0 bridgehead atoms. The number of hydrogen-bond acceptors (Lipinski definition) is 3. The largest absolute Gasteiger partial charge is 0.300 e. The van der Waals surface area contributed by atoms with Crippen molar-refractivity contribution in [1.29, 1.82) is 0 Å².